The van der Waals surface area contributed by atoms with Crippen LogP contribution in [0.25, 0.3) is 0 Å². The normalized spacial score (nSPS) is 11.3. The Hall–Kier alpha value is -0.540. The highest BCUT2D eigenvalue weighted by Crippen LogP contribution is 1.91. The van der Waals surface area contributed by atoms with E-state index in [9.17, 15) is 4.79 Å². The average molecular weight is 152 g/mol. The Bertz CT molecular complexity index is 110. The Morgan fingerprint density at radius 2 is 2.11 bits per heavy atom. The first kappa shape index (κ1) is 11.3. The van der Waals surface area contributed by atoms with Crippen molar-refractivity contribution in [3.8, 4) is 0 Å². The van der Waals surface area contributed by atoms with Crippen molar-refractivity contribution in [3.63, 3.8) is 0 Å². The number of carboxylic acid groups (broad SMARTS) is 1. The molecule has 0 amide bonds. The van der Waals surface area contributed by atoms with E-state index in [-0.39, 0.29) is 12.4 Å². The van der Waals surface area contributed by atoms with Gasteiger partial charge in [-0.05, 0) is 6.92 Å². The highest BCUT2D eigenvalue weighted by atomic mass is 35.5. The molecule has 0 unspecified atom stereocenters. The van der Waals surface area contributed by atoms with Gasteiger partial charge in [0.2, 0.25) is 0 Å². The summed E-state index contributed by atoms with van der Waals surface area (Å²) in [5.41, 5.74) is 5.53. The van der Waals surface area contributed by atoms with Crippen molar-refractivity contribution in [3.05, 3.63) is 12.2 Å². The Balaban J connectivity index is 0. The molecule has 9 heavy (non-hydrogen) atoms. The van der Waals surface area contributed by atoms with Crippen LogP contribution in [0.5, 0.6) is 0 Å². The molecule has 54 valence electrons. The lowest BCUT2D eigenvalue weighted by atomic mass is 10.2. The number of carboxylic acids is 1. The molecular weight excluding hydrogens is 142 g/mol. The summed E-state index contributed by atoms with van der Waals surface area (Å²) in [5.74, 6) is -1.03. The number of nitrogens with two attached hydrogens (primary N) is 1. The van der Waals surface area contributed by atoms with Crippen LogP contribution in [-0.2, 0) is 4.79 Å². The van der Waals surface area contributed by atoms with E-state index in [1.54, 1.807) is 6.92 Å². The van der Waals surface area contributed by atoms with E-state index in [1.165, 1.54) is 0 Å². The Morgan fingerprint density at radius 1 is 1.78 bits per heavy atom. The molecule has 3 N–H and O–H groups in total. The fourth-order valence-electron chi connectivity index (χ4n) is 0.211. The Kier molecular flexibility index (Phi) is 5.45. The molecule has 0 heterocycles. The number of halogens is 1. The highest BCUT2D eigenvalue weighted by molar-refractivity contribution is 5.85. The first-order valence-electron chi connectivity index (χ1n) is 2.19. The molecule has 4 heteroatoms. The molecule has 0 aromatic rings. The van der Waals surface area contributed by atoms with Crippen LogP contribution < -0.4 is 5.73 Å². The van der Waals surface area contributed by atoms with Gasteiger partial charge >= 0.3 is 5.97 Å². The van der Waals surface area contributed by atoms with Gasteiger partial charge < -0.3 is 10.8 Å². The van der Waals surface area contributed by atoms with Crippen molar-refractivity contribution in [2.24, 2.45) is 5.73 Å². The number of hydrogen-bond acceptors (Lipinski definition) is 2. The molecule has 0 bridgehead atoms. The molecule has 0 aromatic heterocycles. The molecule has 0 saturated carbocycles. The van der Waals surface area contributed by atoms with Gasteiger partial charge in [-0.2, -0.15) is 0 Å². The molecule has 0 aliphatic carbocycles. The maximum Gasteiger partial charge on any atom is 0.324 e. The highest BCUT2D eigenvalue weighted by Gasteiger charge is 2.09. The first-order valence-corrected chi connectivity index (χ1v) is 2.19. The predicted molar refractivity (Wildman–Crippen MR) is 37.7 cm³/mol. The summed E-state index contributed by atoms with van der Waals surface area (Å²) in [5, 5.41) is 8.17. The third-order valence-corrected chi connectivity index (χ3v) is 0.797. The monoisotopic (exact) mass is 151 g/mol. The second kappa shape index (κ2) is 4.35. The average Bonchev–Trinajstić information content (AvgIpc) is 1.64. The van der Waals surface area contributed by atoms with Gasteiger partial charge in [0, 0.05) is 0 Å². The van der Waals surface area contributed by atoms with Gasteiger partial charge in [-0.15, -0.1) is 12.4 Å². The minimum Gasteiger partial charge on any atom is -0.480 e. The lowest BCUT2D eigenvalue weighted by Crippen LogP contribution is -2.30. The molecular formula is C5H10ClNO2. The predicted octanol–water partition coefficient (Wildman–Crippen LogP) is 0.396. The lowest BCUT2D eigenvalue weighted by molar-refractivity contribution is -0.137. The molecule has 0 spiro atoms. The minimum atomic E-state index is -1.03. The summed E-state index contributed by atoms with van der Waals surface area (Å²) >= 11 is 0. The van der Waals surface area contributed by atoms with E-state index in [0.717, 1.165) is 0 Å². The first-order chi connectivity index (χ1) is 3.55. The van der Waals surface area contributed by atoms with E-state index in [1.807, 2.05) is 0 Å². The van der Waals surface area contributed by atoms with Gasteiger partial charge in [0.15, 0.2) is 0 Å². The second-order valence-electron chi connectivity index (χ2n) is 1.66. The minimum absolute atomic E-state index is 0. The molecule has 0 saturated heterocycles. The van der Waals surface area contributed by atoms with Crippen LogP contribution in [0.15, 0.2) is 12.2 Å². The standard InChI is InChI=1S/C5H9NO2.ClH/c1-3(2)4(6)5(7)8;/h4H,1,6H2,2H3,(H,7,8);1H/t4-;/m1./s1. The van der Waals surface area contributed by atoms with Crippen molar-refractivity contribution in [1.29, 1.82) is 0 Å². The van der Waals surface area contributed by atoms with E-state index in [2.05, 4.69) is 6.58 Å². The summed E-state index contributed by atoms with van der Waals surface area (Å²) in [6, 6.07) is -0.907. The number of aliphatic carboxylic acids is 1. The summed E-state index contributed by atoms with van der Waals surface area (Å²) in [6.45, 7) is 4.95. The van der Waals surface area contributed by atoms with Gasteiger partial charge in [-0.3, -0.25) is 4.79 Å². The van der Waals surface area contributed by atoms with E-state index < -0.39 is 12.0 Å². The van der Waals surface area contributed by atoms with Crippen molar-refractivity contribution in [2.45, 2.75) is 13.0 Å². The smallest absolute Gasteiger partial charge is 0.324 e. The summed E-state index contributed by atoms with van der Waals surface area (Å²) in [7, 11) is 0. The van der Waals surface area contributed by atoms with Gasteiger partial charge in [-0.25, -0.2) is 0 Å². The maximum absolute atomic E-state index is 9.95. The van der Waals surface area contributed by atoms with Gasteiger partial charge in [0.1, 0.15) is 6.04 Å². The Labute approximate surface area is 60.0 Å². The molecule has 0 rings (SSSR count). The van der Waals surface area contributed by atoms with Crippen LogP contribution in [0.3, 0.4) is 0 Å². The van der Waals surface area contributed by atoms with Crippen LogP contribution in [0.2, 0.25) is 0 Å². The fraction of sp³-hybridized carbons (Fsp3) is 0.400. The Morgan fingerprint density at radius 3 is 2.11 bits per heavy atom. The van der Waals surface area contributed by atoms with Crippen LogP contribution in [0.1, 0.15) is 6.92 Å². The number of hydrogen-bond donors (Lipinski definition) is 2. The van der Waals surface area contributed by atoms with E-state index in [0.29, 0.717) is 5.57 Å². The molecule has 0 fully saturated rings. The van der Waals surface area contributed by atoms with Crippen LogP contribution in [0, 0.1) is 0 Å². The van der Waals surface area contributed by atoms with E-state index >= 15 is 0 Å². The molecule has 1 atom stereocenters. The van der Waals surface area contributed by atoms with Gasteiger partial charge in [0.05, 0.1) is 0 Å². The SMILES string of the molecule is C=C(C)[C@@H](N)C(=O)O.Cl. The summed E-state index contributed by atoms with van der Waals surface area (Å²) in [6.07, 6.45) is 0. The summed E-state index contributed by atoms with van der Waals surface area (Å²) in [4.78, 5) is 9.95. The third kappa shape index (κ3) is 4.00. The van der Waals surface area contributed by atoms with Crippen molar-refractivity contribution < 1.29 is 9.90 Å². The molecule has 0 aromatic carbocycles. The number of carbonyl (C=O) groups is 1. The fourth-order valence-corrected chi connectivity index (χ4v) is 0.211. The number of rotatable bonds is 2. The van der Waals surface area contributed by atoms with Gasteiger partial charge in [0.25, 0.3) is 0 Å². The molecule has 0 aliphatic heterocycles. The molecule has 0 radical (unpaired) electrons. The second-order valence-corrected chi connectivity index (χ2v) is 1.66. The maximum atomic E-state index is 9.95. The van der Waals surface area contributed by atoms with Crippen LogP contribution in [-0.4, -0.2) is 17.1 Å². The van der Waals surface area contributed by atoms with Gasteiger partial charge in [-0.1, -0.05) is 12.2 Å². The molecule has 0 aliphatic rings. The van der Waals surface area contributed by atoms with Crippen molar-refractivity contribution in [1.82, 2.24) is 0 Å². The summed E-state index contributed by atoms with van der Waals surface area (Å²) < 4.78 is 0. The quantitative estimate of drug-likeness (QED) is 0.562. The topological polar surface area (TPSA) is 63.3 Å². The zero-order valence-electron chi connectivity index (χ0n) is 5.13. The molecule has 3 nitrogen and oxygen atoms in total. The zero-order chi connectivity index (χ0) is 6.73. The van der Waals surface area contributed by atoms with Crippen molar-refractivity contribution >= 4 is 18.4 Å². The van der Waals surface area contributed by atoms with E-state index in [4.69, 9.17) is 10.8 Å². The lowest BCUT2D eigenvalue weighted by Gasteiger charge is -2.01. The van der Waals surface area contributed by atoms with Crippen LogP contribution >= 0.6 is 12.4 Å². The largest absolute Gasteiger partial charge is 0.480 e. The van der Waals surface area contributed by atoms with Crippen LogP contribution in [0.4, 0.5) is 0 Å². The third-order valence-electron chi connectivity index (χ3n) is 0.797. The zero-order valence-corrected chi connectivity index (χ0v) is 5.94. The van der Waals surface area contributed by atoms with Crippen molar-refractivity contribution in [2.75, 3.05) is 0 Å².